The average molecular weight is 255 g/mol. The molecule has 106 valence electrons. The molecule has 18 heavy (non-hydrogen) atoms. The molecule has 0 saturated heterocycles. The van der Waals surface area contributed by atoms with E-state index in [4.69, 9.17) is 0 Å². The molecule has 1 unspecified atom stereocenters. The SMILES string of the molecule is CNCC(C1CCC(O)CC1)C1(O)CCCCC1. The summed E-state index contributed by atoms with van der Waals surface area (Å²) in [6, 6.07) is 0. The van der Waals surface area contributed by atoms with Crippen LogP contribution in [0.15, 0.2) is 0 Å². The predicted octanol–water partition coefficient (Wildman–Crippen LogP) is 2.07. The minimum absolute atomic E-state index is 0.0996. The van der Waals surface area contributed by atoms with E-state index in [1.807, 2.05) is 7.05 Å². The van der Waals surface area contributed by atoms with Gasteiger partial charge >= 0.3 is 0 Å². The Morgan fingerprint density at radius 3 is 2.28 bits per heavy atom. The standard InChI is InChI=1S/C15H29NO2/c1-16-11-14(12-5-7-13(17)8-6-12)15(18)9-3-2-4-10-15/h12-14,16-18H,2-11H2,1H3. The van der Waals surface area contributed by atoms with Crippen molar-refractivity contribution in [2.24, 2.45) is 11.8 Å². The van der Waals surface area contributed by atoms with Crippen LogP contribution >= 0.6 is 0 Å². The van der Waals surface area contributed by atoms with Crippen LogP contribution in [0.5, 0.6) is 0 Å². The summed E-state index contributed by atoms with van der Waals surface area (Å²) in [5.41, 5.74) is -0.450. The van der Waals surface area contributed by atoms with Crippen molar-refractivity contribution in [3.63, 3.8) is 0 Å². The predicted molar refractivity (Wildman–Crippen MR) is 73.4 cm³/mol. The molecular weight excluding hydrogens is 226 g/mol. The van der Waals surface area contributed by atoms with Gasteiger partial charge in [-0.2, -0.15) is 0 Å². The molecule has 0 heterocycles. The molecule has 0 spiro atoms. The van der Waals surface area contributed by atoms with Gasteiger partial charge in [-0.3, -0.25) is 0 Å². The Morgan fingerprint density at radius 1 is 1.11 bits per heavy atom. The van der Waals surface area contributed by atoms with Crippen molar-refractivity contribution in [1.82, 2.24) is 5.32 Å². The van der Waals surface area contributed by atoms with Gasteiger partial charge in [-0.1, -0.05) is 19.3 Å². The minimum Gasteiger partial charge on any atom is -0.393 e. The number of hydrogen-bond acceptors (Lipinski definition) is 3. The fraction of sp³-hybridized carbons (Fsp3) is 1.00. The molecule has 2 aliphatic rings. The van der Waals surface area contributed by atoms with Gasteiger partial charge < -0.3 is 15.5 Å². The number of aliphatic hydroxyl groups is 2. The lowest BCUT2D eigenvalue weighted by atomic mass is 9.66. The molecule has 2 saturated carbocycles. The molecule has 0 amide bonds. The fourth-order valence-corrected chi connectivity index (χ4v) is 4.05. The van der Waals surface area contributed by atoms with E-state index in [0.717, 1.165) is 45.1 Å². The van der Waals surface area contributed by atoms with Gasteiger partial charge in [-0.05, 0) is 51.5 Å². The maximum absolute atomic E-state index is 11.0. The maximum Gasteiger partial charge on any atom is 0.0690 e. The second kappa shape index (κ2) is 6.36. The first-order valence-corrected chi connectivity index (χ1v) is 7.71. The van der Waals surface area contributed by atoms with Crippen molar-refractivity contribution in [3.8, 4) is 0 Å². The lowest BCUT2D eigenvalue weighted by Crippen LogP contribution is -2.48. The van der Waals surface area contributed by atoms with Crippen molar-refractivity contribution >= 4 is 0 Å². The second-order valence-electron chi connectivity index (χ2n) is 6.40. The van der Waals surface area contributed by atoms with Crippen LogP contribution < -0.4 is 5.32 Å². The first-order valence-electron chi connectivity index (χ1n) is 7.71. The van der Waals surface area contributed by atoms with Crippen LogP contribution in [0.1, 0.15) is 57.8 Å². The van der Waals surface area contributed by atoms with E-state index in [9.17, 15) is 10.2 Å². The Kier molecular flexibility index (Phi) is 5.05. The van der Waals surface area contributed by atoms with Crippen LogP contribution in [-0.2, 0) is 0 Å². The summed E-state index contributed by atoms with van der Waals surface area (Å²) >= 11 is 0. The van der Waals surface area contributed by atoms with Gasteiger partial charge in [0.25, 0.3) is 0 Å². The van der Waals surface area contributed by atoms with Gasteiger partial charge in [0.2, 0.25) is 0 Å². The van der Waals surface area contributed by atoms with Crippen LogP contribution in [-0.4, -0.2) is 35.5 Å². The van der Waals surface area contributed by atoms with E-state index < -0.39 is 5.60 Å². The quantitative estimate of drug-likeness (QED) is 0.721. The molecule has 0 aromatic rings. The largest absolute Gasteiger partial charge is 0.393 e. The molecule has 0 aromatic heterocycles. The summed E-state index contributed by atoms with van der Waals surface area (Å²) in [6.45, 7) is 0.914. The zero-order valence-electron chi connectivity index (χ0n) is 11.7. The van der Waals surface area contributed by atoms with Gasteiger partial charge in [-0.15, -0.1) is 0 Å². The minimum atomic E-state index is -0.450. The molecule has 3 heteroatoms. The molecule has 0 bridgehead atoms. The van der Waals surface area contributed by atoms with Crippen LogP contribution in [0.4, 0.5) is 0 Å². The monoisotopic (exact) mass is 255 g/mol. The van der Waals surface area contributed by atoms with Crippen molar-refractivity contribution in [1.29, 1.82) is 0 Å². The summed E-state index contributed by atoms with van der Waals surface area (Å²) in [6.07, 6.45) is 9.46. The molecule has 3 nitrogen and oxygen atoms in total. The van der Waals surface area contributed by atoms with Gasteiger partial charge in [0.1, 0.15) is 0 Å². The van der Waals surface area contributed by atoms with Gasteiger partial charge in [0.15, 0.2) is 0 Å². The number of nitrogens with one attached hydrogen (secondary N) is 1. The van der Waals surface area contributed by atoms with E-state index in [1.165, 1.54) is 19.3 Å². The average Bonchev–Trinajstić information content (AvgIpc) is 2.38. The molecule has 0 aliphatic heterocycles. The molecular formula is C15H29NO2. The van der Waals surface area contributed by atoms with E-state index in [1.54, 1.807) is 0 Å². The van der Waals surface area contributed by atoms with E-state index >= 15 is 0 Å². The third kappa shape index (κ3) is 3.25. The molecule has 1 atom stereocenters. The Morgan fingerprint density at radius 2 is 1.72 bits per heavy atom. The van der Waals surface area contributed by atoms with Gasteiger partial charge in [0.05, 0.1) is 11.7 Å². The zero-order valence-corrected chi connectivity index (χ0v) is 11.7. The molecule has 0 aromatic carbocycles. The summed E-state index contributed by atoms with van der Waals surface area (Å²) in [4.78, 5) is 0. The molecule has 3 N–H and O–H groups in total. The van der Waals surface area contributed by atoms with E-state index in [0.29, 0.717) is 11.8 Å². The van der Waals surface area contributed by atoms with Crippen molar-refractivity contribution in [3.05, 3.63) is 0 Å². The molecule has 2 aliphatic carbocycles. The van der Waals surface area contributed by atoms with Crippen LogP contribution in [0, 0.1) is 11.8 Å². The van der Waals surface area contributed by atoms with Crippen molar-refractivity contribution in [2.45, 2.75) is 69.5 Å². The van der Waals surface area contributed by atoms with E-state index in [-0.39, 0.29) is 6.10 Å². The lowest BCUT2D eigenvalue weighted by molar-refractivity contribution is -0.0790. The molecule has 2 rings (SSSR count). The van der Waals surface area contributed by atoms with E-state index in [2.05, 4.69) is 5.32 Å². The molecule has 2 fully saturated rings. The van der Waals surface area contributed by atoms with Crippen molar-refractivity contribution in [2.75, 3.05) is 13.6 Å². The Labute approximate surface area is 111 Å². The van der Waals surface area contributed by atoms with Gasteiger partial charge in [-0.25, -0.2) is 0 Å². The Balaban J connectivity index is 2.02. The maximum atomic E-state index is 11.0. The first-order chi connectivity index (χ1) is 8.65. The van der Waals surface area contributed by atoms with Crippen LogP contribution in [0.3, 0.4) is 0 Å². The number of hydrogen-bond donors (Lipinski definition) is 3. The highest BCUT2D eigenvalue weighted by molar-refractivity contribution is 4.94. The Hall–Kier alpha value is -0.120. The summed E-state index contributed by atoms with van der Waals surface area (Å²) in [5, 5.41) is 23.9. The third-order valence-electron chi connectivity index (χ3n) is 5.14. The van der Waals surface area contributed by atoms with Gasteiger partial charge in [0, 0.05) is 12.5 Å². The molecule has 0 radical (unpaired) electrons. The highest BCUT2D eigenvalue weighted by Crippen LogP contribution is 2.42. The fourth-order valence-electron chi connectivity index (χ4n) is 4.05. The smallest absolute Gasteiger partial charge is 0.0690 e. The van der Waals surface area contributed by atoms with Crippen LogP contribution in [0.2, 0.25) is 0 Å². The first kappa shape index (κ1) is 14.3. The highest BCUT2D eigenvalue weighted by atomic mass is 16.3. The normalized spacial score (nSPS) is 34.2. The number of rotatable bonds is 4. The summed E-state index contributed by atoms with van der Waals surface area (Å²) < 4.78 is 0. The summed E-state index contributed by atoms with van der Waals surface area (Å²) in [5.74, 6) is 0.958. The second-order valence-corrected chi connectivity index (χ2v) is 6.40. The highest BCUT2D eigenvalue weighted by Gasteiger charge is 2.42. The van der Waals surface area contributed by atoms with Crippen LogP contribution in [0.25, 0.3) is 0 Å². The topological polar surface area (TPSA) is 52.5 Å². The lowest BCUT2D eigenvalue weighted by Gasteiger charge is -2.45. The Bertz CT molecular complexity index is 243. The third-order valence-corrected chi connectivity index (χ3v) is 5.14. The zero-order chi connectivity index (χ0) is 13.0. The summed E-state index contributed by atoms with van der Waals surface area (Å²) in [7, 11) is 1.98. The van der Waals surface area contributed by atoms with Crippen molar-refractivity contribution < 1.29 is 10.2 Å². The number of aliphatic hydroxyl groups excluding tert-OH is 1.